The highest BCUT2D eigenvalue weighted by molar-refractivity contribution is 5.93. The minimum atomic E-state index is 0.00245. The molecule has 0 bridgehead atoms. The maximum absolute atomic E-state index is 12.1. The number of amides is 1. The molecule has 122 valence electrons. The first kappa shape index (κ1) is 16.0. The summed E-state index contributed by atoms with van der Waals surface area (Å²) in [5, 5.41) is 7.36. The van der Waals surface area contributed by atoms with Crippen molar-refractivity contribution in [1.29, 1.82) is 0 Å². The molecule has 24 heavy (non-hydrogen) atoms. The summed E-state index contributed by atoms with van der Waals surface area (Å²) in [6.45, 7) is 4.61. The number of carbonyl (C=O) groups excluding carboxylic acids is 1. The molecule has 2 aromatic carbocycles. The maximum atomic E-state index is 12.1. The van der Waals surface area contributed by atoms with Crippen LogP contribution in [0.25, 0.3) is 10.9 Å². The topological polar surface area (TPSA) is 54.0 Å². The summed E-state index contributed by atoms with van der Waals surface area (Å²) < 4.78 is 0. The summed E-state index contributed by atoms with van der Waals surface area (Å²) in [6, 6.07) is 16.0. The monoisotopic (exact) mass is 319 g/mol. The van der Waals surface area contributed by atoms with Crippen molar-refractivity contribution in [3.05, 3.63) is 65.9 Å². The highest BCUT2D eigenvalue weighted by Gasteiger charge is 2.06. The molecular formula is C20H21N3O. The van der Waals surface area contributed by atoms with Gasteiger partial charge >= 0.3 is 0 Å². The molecule has 0 saturated heterocycles. The molecule has 0 fully saturated rings. The van der Waals surface area contributed by atoms with Crippen molar-refractivity contribution in [1.82, 2.24) is 4.98 Å². The first-order valence-corrected chi connectivity index (χ1v) is 8.08. The summed E-state index contributed by atoms with van der Waals surface area (Å²) >= 11 is 0. The van der Waals surface area contributed by atoms with Gasteiger partial charge < -0.3 is 10.6 Å². The van der Waals surface area contributed by atoms with E-state index in [0.29, 0.717) is 13.0 Å². The lowest BCUT2D eigenvalue weighted by Crippen LogP contribution is -2.17. The standard InChI is InChI=1S/C20H21N3O/c1-14-8-9-17(15(2)13-14)23-19(24)10-12-21-18-7-3-5-16-6-4-11-22-20(16)18/h3-9,11,13,21H,10,12H2,1-2H3,(H,23,24). The van der Waals surface area contributed by atoms with E-state index in [-0.39, 0.29) is 5.91 Å². The van der Waals surface area contributed by atoms with Gasteiger partial charge in [-0.3, -0.25) is 9.78 Å². The van der Waals surface area contributed by atoms with Crippen molar-refractivity contribution < 1.29 is 4.79 Å². The van der Waals surface area contributed by atoms with Crippen LogP contribution in [-0.4, -0.2) is 17.4 Å². The second-order valence-corrected chi connectivity index (χ2v) is 5.92. The third kappa shape index (κ3) is 3.71. The molecule has 0 radical (unpaired) electrons. The van der Waals surface area contributed by atoms with Crippen LogP contribution in [0, 0.1) is 13.8 Å². The number of benzene rings is 2. The fourth-order valence-corrected chi connectivity index (χ4v) is 2.72. The van der Waals surface area contributed by atoms with Crippen molar-refractivity contribution in [2.75, 3.05) is 17.2 Å². The van der Waals surface area contributed by atoms with E-state index < -0.39 is 0 Å². The van der Waals surface area contributed by atoms with Gasteiger partial charge in [-0.25, -0.2) is 0 Å². The Balaban J connectivity index is 1.58. The molecule has 0 aliphatic rings. The molecule has 1 heterocycles. The predicted molar refractivity (Wildman–Crippen MR) is 99.4 cm³/mol. The normalized spacial score (nSPS) is 10.6. The van der Waals surface area contributed by atoms with Crippen LogP contribution < -0.4 is 10.6 Å². The number of aryl methyl sites for hydroxylation is 2. The minimum absolute atomic E-state index is 0.00245. The molecule has 0 spiro atoms. The fourth-order valence-electron chi connectivity index (χ4n) is 2.72. The zero-order valence-corrected chi connectivity index (χ0v) is 14.0. The van der Waals surface area contributed by atoms with Gasteiger partial charge in [0.1, 0.15) is 0 Å². The van der Waals surface area contributed by atoms with Crippen LogP contribution in [-0.2, 0) is 4.79 Å². The third-order valence-corrected chi connectivity index (χ3v) is 3.96. The average molecular weight is 319 g/mol. The second kappa shape index (κ2) is 7.13. The Labute approximate surface area is 141 Å². The number of hydrogen-bond donors (Lipinski definition) is 2. The Bertz CT molecular complexity index is 868. The Morgan fingerprint density at radius 3 is 2.71 bits per heavy atom. The van der Waals surface area contributed by atoms with Crippen LogP contribution in [0.1, 0.15) is 17.5 Å². The summed E-state index contributed by atoms with van der Waals surface area (Å²) in [6.07, 6.45) is 2.18. The highest BCUT2D eigenvalue weighted by atomic mass is 16.1. The van der Waals surface area contributed by atoms with Crippen LogP contribution in [0.15, 0.2) is 54.7 Å². The van der Waals surface area contributed by atoms with Gasteiger partial charge in [0.15, 0.2) is 0 Å². The largest absolute Gasteiger partial charge is 0.383 e. The molecule has 0 aliphatic heterocycles. The Kier molecular flexibility index (Phi) is 4.75. The molecule has 4 heteroatoms. The number of aromatic nitrogens is 1. The lowest BCUT2D eigenvalue weighted by atomic mass is 10.1. The minimum Gasteiger partial charge on any atom is -0.383 e. The van der Waals surface area contributed by atoms with Gasteiger partial charge in [-0.15, -0.1) is 0 Å². The molecule has 4 nitrogen and oxygen atoms in total. The number of hydrogen-bond acceptors (Lipinski definition) is 3. The summed E-state index contributed by atoms with van der Waals surface area (Å²) in [4.78, 5) is 16.5. The van der Waals surface area contributed by atoms with Gasteiger partial charge in [-0.1, -0.05) is 35.9 Å². The van der Waals surface area contributed by atoms with Crippen LogP contribution in [0.3, 0.4) is 0 Å². The fraction of sp³-hybridized carbons (Fsp3) is 0.200. The lowest BCUT2D eigenvalue weighted by molar-refractivity contribution is -0.115. The summed E-state index contributed by atoms with van der Waals surface area (Å²) in [7, 11) is 0. The molecule has 0 saturated carbocycles. The van der Waals surface area contributed by atoms with E-state index in [1.54, 1.807) is 6.20 Å². The van der Waals surface area contributed by atoms with E-state index in [4.69, 9.17) is 0 Å². The second-order valence-electron chi connectivity index (χ2n) is 5.92. The Hall–Kier alpha value is -2.88. The SMILES string of the molecule is Cc1ccc(NC(=O)CCNc2cccc3cccnc23)c(C)c1. The predicted octanol–water partition coefficient (Wildman–Crippen LogP) is 4.29. The first-order chi connectivity index (χ1) is 11.6. The molecule has 0 atom stereocenters. The third-order valence-electron chi connectivity index (χ3n) is 3.96. The first-order valence-electron chi connectivity index (χ1n) is 8.08. The summed E-state index contributed by atoms with van der Waals surface area (Å²) in [5.41, 5.74) is 5.02. The molecule has 1 aromatic heterocycles. The van der Waals surface area contributed by atoms with Crippen molar-refractivity contribution in [2.45, 2.75) is 20.3 Å². The number of rotatable bonds is 5. The average Bonchev–Trinajstić information content (AvgIpc) is 2.58. The molecule has 3 aromatic rings. The number of carbonyl (C=O) groups is 1. The van der Waals surface area contributed by atoms with Gasteiger partial charge in [0, 0.05) is 30.2 Å². The smallest absolute Gasteiger partial charge is 0.226 e. The van der Waals surface area contributed by atoms with E-state index in [2.05, 4.69) is 21.7 Å². The molecule has 0 aliphatic carbocycles. The number of nitrogens with zero attached hydrogens (tertiary/aromatic N) is 1. The number of para-hydroxylation sites is 1. The maximum Gasteiger partial charge on any atom is 0.226 e. The van der Waals surface area contributed by atoms with E-state index in [0.717, 1.165) is 27.8 Å². The molecule has 0 unspecified atom stereocenters. The van der Waals surface area contributed by atoms with Crippen molar-refractivity contribution in [3.63, 3.8) is 0 Å². The van der Waals surface area contributed by atoms with Gasteiger partial charge in [-0.2, -0.15) is 0 Å². The zero-order valence-electron chi connectivity index (χ0n) is 14.0. The van der Waals surface area contributed by atoms with Crippen molar-refractivity contribution >= 4 is 28.2 Å². The Morgan fingerprint density at radius 2 is 1.88 bits per heavy atom. The van der Waals surface area contributed by atoms with E-state index in [1.807, 2.05) is 56.3 Å². The van der Waals surface area contributed by atoms with Crippen LogP contribution in [0.5, 0.6) is 0 Å². The quantitative estimate of drug-likeness (QED) is 0.737. The van der Waals surface area contributed by atoms with Crippen LogP contribution >= 0.6 is 0 Å². The van der Waals surface area contributed by atoms with Crippen molar-refractivity contribution in [2.24, 2.45) is 0 Å². The van der Waals surface area contributed by atoms with Crippen LogP contribution in [0.2, 0.25) is 0 Å². The molecule has 2 N–H and O–H groups in total. The highest BCUT2D eigenvalue weighted by Crippen LogP contribution is 2.20. The van der Waals surface area contributed by atoms with E-state index in [9.17, 15) is 4.79 Å². The number of fused-ring (bicyclic) bond motifs is 1. The molecule has 1 amide bonds. The van der Waals surface area contributed by atoms with E-state index >= 15 is 0 Å². The van der Waals surface area contributed by atoms with Crippen molar-refractivity contribution in [3.8, 4) is 0 Å². The number of anilines is 2. The zero-order chi connectivity index (χ0) is 16.9. The van der Waals surface area contributed by atoms with Crippen LogP contribution in [0.4, 0.5) is 11.4 Å². The van der Waals surface area contributed by atoms with Gasteiger partial charge in [0.25, 0.3) is 0 Å². The van der Waals surface area contributed by atoms with Gasteiger partial charge in [-0.05, 0) is 37.6 Å². The molecule has 3 rings (SSSR count). The Morgan fingerprint density at radius 1 is 1.04 bits per heavy atom. The van der Waals surface area contributed by atoms with Gasteiger partial charge in [0.05, 0.1) is 11.2 Å². The molecular weight excluding hydrogens is 298 g/mol. The van der Waals surface area contributed by atoms with E-state index in [1.165, 1.54) is 5.56 Å². The van der Waals surface area contributed by atoms with Gasteiger partial charge in [0.2, 0.25) is 5.91 Å². The lowest BCUT2D eigenvalue weighted by Gasteiger charge is -2.11. The number of nitrogens with one attached hydrogen (secondary N) is 2. The number of pyridine rings is 1. The summed E-state index contributed by atoms with van der Waals surface area (Å²) in [5.74, 6) is 0.00245.